The first-order valence-electron chi connectivity index (χ1n) is 10.7. The third kappa shape index (κ3) is 4.68. The number of hydrogen-bond acceptors (Lipinski definition) is 5. The lowest BCUT2D eigenvalue weighted by molar-refractivity contribution is -0.119. The normalized spacial score (nSPS) is 11.7. The minimum atomic E-state index is -1.10. The Morgan fingerprint density at radius 3 is 2.50 bits per heavy atom. The van der Waals surface area contributed by atoms with Crippen LogP contribution in [0.15, 0.2) is 67.0 Å². The molecule has 4 rings (SSSR count). The number of hydrogen-bond donors (Lipinski definition) is 2. The second-order valence-electron chi connectivity index (χ2n) is 7.86. The molecule has 0 radical (unpaired) electrons. The van der Waals surface area contributed by atoms with Crippen LogP contribution in [0, 0.1) is 13.8 Å². The molecule has 1 amide bonds. The highest BCUT2D eigenvalue weighted by atomic mass is 16.5. The first-order chi connectivity index (χ1) is 16.3. The zero-order chi connectivity index (χ0) is 24.2. The van der Waals surface area contributed by atoms with Gasteiger partial charge in [0.15, 0.2) is 6.73 Å². The van der Waals surface area contributed by atoms with E-state index in [0.29, 0.717) is 11.4 Å². The molecule has 0 bridgehead atoms. The van der Waals surface area contributed by atoms with Gasteiger partial charge in [-0.1, -0.05) is 48.5 Å². The number of anilines is 1. The number of aromatic carboxylic acids is 1. The number of amides is 1. The second-order valence-corrected chi connectivity index (χ2v) is 7.86. The van der Waals surface area contributed by atoms with Crippen LogP contribution < -0.4 is 10.1 Å². The molecule has 1 atom stereocenters. The van der Waals surface area contributed by atoms with E-state index < -0.39 is 12.0 Å². The van der Waals surface area contributed by atoms with Crippen LogP contribution in [-0.2, 0) is 11.5 Å². The van der Waals surface area contributed by atoms with E-state index in [1.165, 1.54) is 17.1 Å². The fourth-order valence-electron chi connectivity index (χ4n) is 3.59. The number of aromatic nitrogens is 4. The van der Waals surface area contributed by atoms with Crippen molar-refractivity contribution in [2.45, 2.75) is 33.5 Å². The molecule has 1 unspecified atom stereocenters. The lowest BCUT2D eigenvalue weighted by atomic mass is 10.1. The second kappa shape index (κ2) is 9.62. The molecular formula is C25H25N5O4. The van der Waals surface area contributed by atoms with Gasteiger partial charge in [0.25, 0.3) is 0 Å². The van der Waals surface area contributed by atoms with E-state index >= 15 is 0 Å². The summed E-state index contributed by atoms with van der Waals surface area (Å²) < 4.78 is 9.10. The summed E-state index contributed by atoms with van der Waals surface area (Å²) >= 11 is 0. The van der Waals surface area contributed by atoms with E-state index in [1.54, 1.807) is 18.5 Å². The van der Waals surface area contributed by atoms with E-state index in [9.17, 15) is 9.59 Å². The number of nitrogens with one attached hydrogen (secondary N) is 1. The molecule has 0 aliphatic rings. The number of benzene rings is 2. The lowest BCUT2D eigenvalue weighted by Gasteiger charge is -2.14. The summed E-state index contributed by atoms with van der Waals surface area (Å²) in [4.78, 5) is 23.9. The predicted molar refractivity (Wildman–Crippen MR) is 127 cm³/mol. The molecule has 2 aromatic carbocycles. The highest BCUT2D eigenvalue weighted by Gasteiger charge is 2.21. The van der Waals surface area contributed by atoms with Crippen LogP contribution in [0.25, 0.3) is 11.1 Å². The van der Waals surface area contributed by atoms with Crippen molar-refractivity contribution >= 4 is 17.6 Å². The fourth-order valence-corrected chi connectivity index (χ4v) is 3.59. The van der Waals surface area contributed by atoms with Crippen molar-refractivity contribution in [2.24, 2.45) is 0 Å². The van der Waals surface area contributed by atoms with Crippen LogP contribution in [0.3, 0.4) is 0 Å². The standard InChI is InChI=1S/C25H25N5O4/c1-16-23(27-24(31)18(3)29-14-20(13-26-29)25(32)33)17(2)30(28-16)15-34-22-12-8-7-11-21(22)19-9-5-4-6-10-19/h4-14,18H,15H2,1-3H3,(H,27,31)(H,32,33). The number of ether oxygens (including phenoxy) is 1. The minimum absolute atomic E-state index is 0.0211. The predicted octanol–water partition coefficient (Wildman–Crippen LogP) is 4.30. The maximum absolute atomic E-state index is 12.8. The third-order valence-electron chi connectivity index (χ3n) is 5.57. The Bertz CT molecular complexity index is 1330. The summed E-state index contributed by atoms with van der Waals surface area (Å²) in [5.74, 6) is -0.699. The van der Waals surface area contributed by atoms with Gasteiger partial charge in [-0.3, -0.25) is 9.48 Å². The highest BCUT2D eigenvalue weighted by molar-refractivity contribution is 5.94. The van der Waals surface area contributed by atoms with Gasteiger partial charge in [-0.05, 0) is 32.4 Å². The van der Waals surface area contributed by atoms with Crippen LogP contribution in [-0.4, -0.2) is 36.5 Å². The van der Waals surface area contributed by atoms with Gasteiger partial charge >= 0.3 is 5.97 Å². The number of para-hydroxylation sites is 1. The van der Waals surface area contributed by atoms with Crippen LogP contribution >= 0.6 is 0 Å². The maximum atomic E-state index is 12.8. The monoisotopic (exact) mass is 459 g/mol. The molecule has 2 N–H and O–H groups in total. The van der Waals surface area contributed by atoms with Gasteiger partial charge in [0, 0.05) is 11.8 Å². The van der Waals surface area contributed by atoms with Crippen LogP contribution in [0.2, 0.25) is 0 Å². The van der Waals surface area contributed by atoms with Gasteiger partial charge in [-0.2, -0.15) is 10.2 Å². The Labute approximate surface area is 196 Å². The number of nitrogens with zero attached hydrogens (tertiary/aromatic N) is 4. The van der Waals surface area contributed by atoms with E-state index in [1.807, 2.05) is 61.5 Å². The lowest BCUT2D eigenvalue weighted by Crippen LogP contribution is -2.24. The number of carbonyl (C=O) groups is 2. The van der Waals surface area contributed by atoms with Crippen LogP contribution in [0.1, 0.15) is 34.7 Å². The Kier molecular flexibility index (Phi) is 6.44. The fraction of sp³-hybridized carbons (Fsp3) is 0.200. The molecule has 2 heterocycles. The molecule has 0 saturated heterocycles. The third-order valence-corrected chi connectivity index (χ3v) is 5.57. The molecule has 9 nitrogen and oxygen atoms in total. The number of rotatable bonds is 8. The molecule has 0 saturated carbocycles. The van der Waals surface area contributed by atoms with E-state index in [0.717, 1.165) is 22.6 Å². The topological polar surface area (TPSA) is 111 Å². The molecular weight excluding hydrogens is 434 g/mol. The minimum Gasteiger partial charge on any atom is -0.478 e. The molecule has 2 aromatic heterocycles. The van der Waals surface area contributed by atoms with Crippen molar-refractivity contribution in [2.75, 3.05) is 5.32 Å². The zero-order valence-electron chi connectivity index (χ0n) is 19.1. The number of carboxylic acids is 1. The summed E-state index contributed by atoms with van der Waals surface area (Å²) in [5, 5.41) is 20.4. The van der Waals surface area contributed by atoms with E-state index in [2.05, 4.69) is 15.5 Å². The maximum Gasteiger partial charge on any atom is 0.338 e. The van der Waals surface area contributed by atoms with Crippen molar-refractivity contribution in [3.63, 3.8) is 0 Å². The Morgan fingerprint density at radius 1 is 1.09 bits per heavy atom. The van der Waals surface area contributed by atoms with Gasteiger partial charge in [0.2, 0.25) is 5.91 Å². The van der Waals surface area contributed by atoms with Crippen LogP contribution in [0.4, 0.5) is 5.69 Å². The summed E-state index contributed by atoms with van der Waals surface area (Å²) in [6, 6.07) is 17.1. The Balaban J connectivity index is 1.48. The van der Waals surface area contributed by atoms with Crippen molar-refractivity contribution < 1.29 is 19.4 Å². The molecule has 0 fully saturated rings. The van der Waals surface area contributed by atoms with Crippen molar-refractivity contribution in [3.8, 4) is 16.9 Å². The van der Waals surface area contributed by atoms with Crippen molar-refractivity contribution in [1.82, 2.24) is 19.6 Å². The molecule has 0 aliphatic carbocycles. The summed E-state index contributed by atoms with van der Waals surface area (Å²) in [6.07, 6.45) is 2.54. The van der Waals surface area contributed by atoms with Gasteiger partial charge in [0.1, 0.15) is 11.8 Å². The average molecular weight is 460 g/mol. The summed E-state index contributed by atoms with van der Waals surface area (Å²) in [7, 11) is 0. The van der Waals surface area contributed by atoms with Crippen molar-refractivity contribution in [1.29, 1.82) is 0 Å². The molecule has 34 heavy (non-hydrogen) atoms. The van der Waals surface area contributed by atoms with Gasteiger partial charge in [-0.25, -0.2) is 9.48 Å². The molecule has 174 valence electrons. The van der Waals surface area contributed by atoms with Crippen LogP contribution in [0.5, 0.6) is 5.75 Å². The molecule has 0 spiro atoms. The largest absolute Gasteiger partial charge is 0.478 e. The first kappa shape index (κ1) is 22.8. The SMILES string of the molecule is Cc1nn(COc2ccccc2-c2ccccc2)c(C)c1NC(=O)C(C)n1cc(C(=O)O)cn1. The van der Waals surface area contributed by atoms with Gasteiger partial charge < -0.3 is 15.2 Å². The van der Waals surface area contributed by atoms with E-state index in [4.69, 9.17) is 9.84 Å². The molecule has 0 aliphatic heterocycles. The molecule has 9 heteroatoms. The smallest absolute Gasteiger partial charge is 0.338 e. The van der Waals surface area contributed by atoms with E-state index in [-0.39, 0.29) is 18.2 Å². The Morgan fingerprint density at radius 2 is 1.79 bits per heavy atom. The number of carboxylic acid groups (broad SMARTS) is 1. The summed E-state index contributed by atoms with van der Waals surface area (Å²) in [6.45, 7) is 5.47. The van der Waals surface area contributed by atoms with Crippen molar-refractivity contribution in [3.05, 3.63) is 83.9 Å². The number of aryl methyl sites for hydroxylation is 1. The highest BCUT2D eigenvalue weighted by Crippen LogP contribution is 2.30. The zero-order valence-corrected chi connectivity index (χ0v) is 19.1. The first-order valence-corrected chi connectivity index (χ1v) is 10.7. The van der Waals surface area contributed by atoms with Gasteiger partial charge in [0.05, 0.1) is 28.8 Å². The Hall–Kier alpha value is -4.40. The summed E-state index contributed by atoms with van der Waals surface area (Å²) in [5.41, 5.74) is 4.02. The molecule has 4 aromatic rings. The van der Waals surface area contributed by atoms with Gasteiger partial charge in [-0.15, -0.1) is 0 Å². The average Bonchev–Trinajstić information content (AvgIpc) is 3.44. The quantitative estimate of drug-likeness (QED) is 0.406. The number of carbonyl (C=O) groups excluding carboxylic acids is 1.